The fourth-order valence-corrected chi connectivity index (χ4v) is 5.61. The number of rotatable bonds is 6. The molecule has 2 aromatic heterocycles. The Balaban J connectivity index is 1.61. The van der Waals surface area contributed by atoms with Crippen molar-refractivity contribution in [1.82, 2.24) is 14.5 Å². The van der Waals surface area contributed by atoms with Crippen LogP contribution in [0.25, 0.3) is 20.7 Å². The Morgan fingerprint density at radius 1 is 1.30 bits per heavy atom. The number of benzene rings is 1. The van der Waals surface area contributed by atoms with Crippen LogP contribution in [0, 0.1) is 5.92 Å². The predicted molar refractivity (Wildman–Crippen MR) is 125 cm³/mol. The predicted octanol–water partition coefficient (Wildman–Crippen LogP) is 4.66. The molecule has 0 spiro atoms. The molecule has 0 N–H and O–H groups in total. The summed E-state index contributed by atoms with van der Waals surface area (Å²) in [4.78, 5) is 34.2. The number of carbonyl (C=O) groups excluding carboxylic acids is 1. The molecule has 1 aromatic carbocycles. The summed E-state index contributed by atoms with van der Waals surface area (Å²) in [5, 5.41) is 1.19. The van der Waals surface area contributed by atoms with Crippen LogP contribution in [0.4, 0.5) is 0 Å². The van der Waals surface area contributed by atoms with E-state index in [4.69, 9.17) is 4.98 Å². The smallest absolute Gasteiger partial charge is 0.263 e. The summed E-state index contributed by atoms with van der Waals surface area (Å²) in [6, 6.07) is 11.9. The van der Waals surface area contributed by atoms with Crippen LogP contribution < -0.4 is 5.56 Å². The zero-order valence-corrected chi connectivity index (χ0v) is 18.7. The van der Waals surface area contributed by atoms with E-state index >= 15 is 0 Å². The number of fused-ring (bicyclic) bond motifs is 1. The lowest BCUT2D eigenvalue weighted by Gasteiger charge is -2.30. The molecule has 156 valence electrons. The van der Waals surface area contributed by atoms with E-state index in [1.807, 2.05) is 41.3 Å². The Kier molecular flexibility index (Phi) is 6.39. The number of amides is 1. The molecule has 0 radical (unpaired) electrons. The van der Waals surface area contributed by atoms with E-state index in [0.29, 0.717) is 33.6 Å². The Morgan fingerprint density at radius 3 is 2.73 bits per heavy atom. The van der Waals surface area contributed by atoms with Crippen molar-refractivity contribution in [2.75, 3.05) is 18.8 Å². The van der Waals surface area contributed by atoms with Gasteiger partial charge in [0.25, 0.3) is 5.56 Å². The minimum Gasteiger partial charge on any atom is -0.342 e. The molecule has 1 aliphatic rings. The molecule has 0 bridgehead atoms. The van der Waals surface area contributed by atoms with Crippen molar-refractivity contribution in [3.8, 4) is 10.4 Å². The van der Waals surface area contributed by atoms with E-state index in [9.17, 15) is 9.59 Å². The highest BCUT2D eigenvalue weighted by molar-refractivity contribution is 7.99. The summed E-state index contributed by atoms with van der Waals surface area (Å²) in [7, 11) is 0. The number of carbonyl (C=O) groups is 1. The van der Waals surface area contributed by atoms with Crippen LogP contribution in [0.5, 0.6) is 0 Å². The fourth-order valence-electron chi connectivity index (χ4n) is 3.62. The average Bonchev–Trinajstić information content (AvgIpc) is 3.20. The summed E-state index contributed by atoms with van der Waals surface area (Å²) >= 11 is 2.85. The number of thiophene rings is 1. The second-order valence-electron chi connectivity index (χ2n) is 7.65. The van der Waals surface area contributed by atoms with Gasteiger partial charge in [-0.05, 0) is 30.4 Å². The Hall–Kier alpha value is -2.38. The first-order chi connectivity index (χ1) is 14.6. The van der Waals surface area contributed by atoms with Crippen molar-refractivity contribution in [2.45, 2.75) is 31.5 Å². The van der Waals surface area contributed by atoms with Gasteiger partial charge in [-0.3, -0.25) is 14.2 Å². The highest BCUT2D eigenvalue weighted by Gasteiger charge is 2.21. The number of hydrogen-bond donors (Lipinski definition) is 0. The van der Waals surface area contributed by atoms with Gasteiger partial charge in [-0.2, -0.15) is 0 Å². The molecule has 7 heteroatoms. The number of thioether (sulfide) groups is 1. The van der Waals surface area contributed by atoms with Crippen molar-refractivity contribution < 1.29 is 4.79 Å². The lowest BCUT2D eigenvalue weighted by molar-refractivity contribution is -0.129. The molecule has 1 fully saturated rings. The first kappa shape index (κ1) is 20.9. The summed E-state index contributed by atoms with van der Waals surface area (Å²) in [6.07, 6.45) is 3.80. The van der Waals surface area contributed by atoms with Gasteiger partial charge in [-0.15, -0.1) is 17.9 Å². The number of hydrogen-bond acceptors (Lipinski definition) is 5. The summed E-state index contributed by atoms with van der Waals surface area (Å²) in [5.41, 5.74) is 0.985. The molecule has 1 aliphatic heterocycles. The van der Waals surface area contributed by atoms with Gasteiger partial charge in [0.1, 0.15) is 4.83 Å². The van der Waals surface area contributed by atoms with Crippen LogP contribution in [0.1, 0.15) is 19.8 Å². The van der Waals surface area contributed by atoms with Gasteiger partial charge in [0.05, 0.1) is 11.1 Å². The third-order valence-electron chi connectivity index (χ3n) is 5.45. The molecule has 0 unspecified atom stereocenters. The average molecular weight is 440 g/mol. The van der Waals surface area contributed by atoms with Crippen molar-refractivity contribution in [2.24, 2.45) is 5.92 Å². The minimum atomic E-state index is -0.0833. The van der Waals surface area contributed by atoms with Gasteiger partial charge in [-0.1, -0.05) is 55.1 Å². The van der Waals surface area contributed by atoms with E-state index in [1.54, 1.807) is 10.6 Å². The molecule has 4 rings (SSSR count). The second kappa shape index (κ2) is 9.18. The van der Waals surface area contributed by atoms with Crippen LogP contribution in [0.15, 0.2) is 59.0 Å². The molecule has 0 saturated carbocycles. The lowest BCUT2D eigenvalue weighted by atomic mass is 9.99. The van der Waals surface area contributed by atoms with Gasteiger partial charge >= 0.3 is 0 Å². The van der Waals surface area contributed by atoms with E-state index in [1.165, 1.54) is 23.1 Å². The monoisotopic (exact) mass is 439 g/mol. The van der Waals surface area contributed by atoms with Crippen LogP contribution in [-0.2, 0) is 11.3 Å². The van der Waals surface area contributed by atoms with Crippen LogP contribution >= 0.6 is 23.1 Å². The topological polar surface area (TPSA) is 55.2 Å². The zero-order valence-electron chi connectivity index (χ0n) is 17.0. The van der Waals surface area contributed by atoms with Crippen LogP contribution in [-0.4, -0.2) is 39.2 Å². The first-order valence-electron chi connectivity index (χ1n) is 10.2. The third kappa shape index (κ3) is 4.37. The van der Waals surface area contributed by atoms with Gasteiger partial charge < -0.3 is 4.90 Å². The number of aromatic nitrogens is 2. The summed E-state index contributed by atoms with van der Waals surface area (Å²) in [6.45, 7) is 8.01. The van der Waals surface area contributed by atoms with Gasteiger partial charge in [0.15, 0.2) is 5.16 Å². The number of allylic oxidation sites excluding steroid dienone is 1. The largest absolute Gasteiger partial charge is 0.342 e. The Labute approximate surface area is 184 Å². The Morgan fingerprint density at radius 2 is 2.03 bits per heavy atom. The molecule has 0 aliphatic carbocycles. The fraction of sp³-hybridized carbons (Fsp3) is 0.348. The van der Waals surface area contributed by atoms with Gasteiger partial charge in [0, 0.05) is 24.5 Å². The molecular formula is C23H25N3O2S2. The summed E-state index contributed by atoms with van der Waals surface area (Å²) in [5.74, 6) is 1.09. The van der Waals surface area contributed by atoms with Gasteiger partial charge in [-0.25, -0.2) is 4.98 Å². The van der Waals surface area contributed by atoms with Crippen molar-refractivity contribution in [3.63, 3.8) is 0 Å². The molecule has 30 heavy (non-hydrogen) atoms. The van der Waals surface area contributed by atoms with Crippen molar-refractivity contribution in [3.05, 3.63) is 59.4 Å². The lowest BCUT2D eigenvalue weighted by Crippen LogP contribution is -2.39. The molecular weight excluding hydrogens is 414 g/mol. The maximum atomic E-state index is 13.1. The van der Waals surface area contributed by atoms with E-state index < -0.39 is 0 Å². The highest BCUT2D eigenvalue weighted by atomic mass is 32.2. The first-order valence-corrected chi connectivity index (χ1v) is 12.0. The molecule has 1 amide bonds. The van der Waals surface area contributed by atoms with Crippen molar-refractivity contribution >= 4 is 39.2 Å². The van der Waals surface area contributed by atoms with E-state index in [2.05, 4.69) is 13.5 Å². The normalized spacial score (nSPS) is 14.9. The van der Waals surface area contributed by atoms with Gasteiger partial charge in [0.2, 0.25) is 5.91 Å². The van der Waals surface area contributed by atoms with E-state index in [-0.39, 0.29) is 11.5 Å². The third-order valence-corrected chi connectivity index (χ3v) is 7.49. The zero-order chi connectivity index (χ0) is 21.1. The number of likely N-dealkylation sites (tertiary alicyclic amines) is 1. The molecule has 1 saturated heterocycles. The second-order valence-corrected chi connectivity index (χ2v) is 9.62. The standard InChI is InChI=1S/C23H25N3O2S2/c1-3-11-26-22(28)18-14-19(17-7-5-4-6-8-17)30-21(18)24-23(26)29-15-20(27)25-12-9-16(2)10-13-25/h3-8,14,16H,1,9-13,15H2,2H3. The molecule has 0 atom stereocenters. The van der Waals surface area contributed by atoms with Crippen LogP contribution in [0.3, 0.4) is 0 Å². The quantitative estimate of drug-likeness (QED) is 0.318. The van der Waals surface area contributed by atoms with Crippen molar-refractivity contribution in [1.29, 1.82) is 0 Å². The molecule has 3 aromatic rings. The summed E-state index contributed by atoms with van der Waals surface area (Å²) < 4.78 is 1.62. The SMILES string of the molecule is C=CCn1c(SCC(=O)N2CCC(C)CC2)nc2sc(-c3ccccc3)cc2c1=O. The highest BCUT2D eigenvalue weighted by Crippen LogP contribution is 2.32. The molecule has 5 nitrogen and oxygen atoms in total. The Bertz CT molecular complexity index is 1110. The number of piperidine rings is 1. The molecule has 3 heterocycles. The van der Waals surface area contributed by atoms with Crippen LogP contribution in [0.2, 0.25) is 0 Å². The maximum Gasteiger partial charge on any atom is 0.263 e. The number of nitrogens with zero attached hydrogens (tertiary/aromatic N) is 3. The minimum absolute atomic E-state index is 0.0833. The van der Waals surface area contributed by atoms with E-state index in [0.717, 1.165) is 36.4 Å². The maximum absolute atomic E-state index is 13.1.